The van der Waals surface area contributed by atoms with Gasteiger partial charge in [0.25, 0.3) is 0 Å². The van der Waals surface area contributed by atoms with Crippen molar-refractivity contribution in [3.05, 3.63) is 53.9 Å². The van der Waals surface area contributed by atoms with E-state index in [0.29, 0.717) is 5.88 Å². The molecule has 0 N–H and O–H groups in total. The number of fused-ring (bicyclic) bond motifs is 1. The zero-order valence-electron chi connectivity index (χ0n) is 15.7. The summed E-state index contributed by atoms with van der Waals surface area (Å²) in [4.78, 5) is 8.62. The standard InChI is InChI=1S/C21H24N2O3/c1-14(2)26-21-18-11-15(6-9-19(18)22-13-23-21)5-7-16-12-17(24-3)8-10-20(16)25-4/h6,8-14H,5,7H2,1-4H3. The maximum absolute atomic E-state index is 5.82. The fourth-order valence-corrected chi connectivity index (χ4v) is 2.91. The summed E-state index contributed by atoms with van der Waals surface area (Å²) < 4.78 is 16.6. The SMILES string of the molecule is COc1ccc(OC)c(CCc2ccc3ncnc(OC(C)C)c3c2)c1. The van der Waals surface area contributed by atoms with Crippen LogP contribution in [-0.2, 0) is 12.8 Å². The molecule has 0 bridgehead atoms. The molecule has 136 valence electrons. The van der Waals surface area contributed by atoms with Crippen LogP contribution in [0.1, 0.15) is 25.0 Å². The van der Waals surface area contributed by atoms with Crippen molar-refractivity contribution >= 4 is 10.9 Å². The van der Waals surface area contributed by atoms with Crippen LogP contribution in [0.25, 0.3) is 10.9 Å². The van der Waals surface area contributed by atoms with Crippen LogP contribution in [0.5, 0.6) is 17.4 Å². The van der Waals surface area contributed by atoms with Gasteiger partial charge in [0.2, 0.25) is 5.88 Å². The van der Waals surface area contributed by atoms with Gasteiger partial charge in [-0.25, -0.2) is 9.97 Å². The molecule has 0 spiro atoms. The highest BCUT2D eigenvalue weighted by Gasteiger charge is 2.09. The number of benzene rings is 2. The number of aryl methyl sites for hydroxylation is 2. The summed E-state index contributed by atoms with van der Waals surface area (Å²) in [5.41, 5.74) is 3.21. The van der Waals surface area contributed by atoms with E-state index in [-0.39, 0.29) is 6.10 Å². The minimum atomic E-state index is 0.0674. The minimum absolute atomic E-state index is 0.0674. The number of nitrogens with zero attached hydrogens (tertiary/aromatic N) is 2. The Kier molecular flexibility index (Phi) is 5.56. The van der Waals surface area contributed by atoms with Gasteiger partial charge in [-0.1, -0.05) is 6.07 Å². The molecular weight excluding hydrogens is 328 g/mol. The second-order valence-corrected chi connectivity index (χ2v) is 6.37. The maximum Gasteiger partial charge on any atom is 0.224 e. The van der Waals surface area contributed by atoms with E-state index in [1.807, 2.05) is 38.1 Å². The van der Waals surface area contributed by atoms with Gasteiger partial charge in [-0.15, -0.1) is 0 Å². The molecule has 0 saturated heterocycles. The van der Waals surface area contributed by atoms with Crippen LogP contribution in [0, 0.1) is 0 Å². The first-order chi connectivity index (χ1) is 12.6. The van der Waals surface area contributed by atoms with Crippen LogP contribution in [0.15, 0.2) is 42.7 Å². The van der Waals surface area contributed by atoms with E-state index in [1.165, 1.54) is 5.56 Å². The van der Waals surface area contributed by atoms with Crippen molar-refractivity contribution in [2.24, 2.45) is 0 Å². The van der Waals surface area contributed by atoms with Crippen LogP contribution in [-0.4, -0.2) is 30.3 Å². The summed E-state index contributed by atoms with van der Waals surface area (Å²) in [6, 6.07) is 12.1. The molecule has 0 aliphatic rings. The summed E-state index contributed by atoms with van der Waals surface area (Å²) in [6.45, 7) is 3.99. The molecule has 0 unspecified atom stereocenters. The Balaban J connectivity index is 1.85. The molecule has 0 atom stereocenters. The van der Waals surface area contributed by atoms with E-state index in [2.05, 4.69) is 22.1 Å². The van der Waals surface area contributed by atoms with E-state index in [0.717, 1.165) is 40.8 Å². The lowest BCUT2D eigenvalue weighted by Gasteiger charge is -2.12. The van der Waals surface area contributed by atoms with Crippen molar-refractivity contribution in [2.45, 2.75) is 32.8 Å². The lowest BCUT2D eigenvalue weighted by atomic mass is 10.0. The Morgan fingerprint density at radius 1 is 0.923 bits per heavy atom. The Bertz CT molecular complexity index is 894. The van der Waals surface area contributed by atoms with Gasteiger partial charge in [-0.3, -0.25) is 0 Å². The molecule has 0 aliphatic heterocycles. The van der Waals surface area contributed by atoms with Gasteiger partial charge >= 0.3 is 0 Å². The first-order valence-corrected chi connectivity index (χ1v) is 8.72. The monoisotopic (exact) mass is 352 g/mol. The molecule has 0 aliphatic carbocycles. The average Bonchev–Trinajstić information content (AvgIpc) is 2.66. The van der Waals surface area contributed by atoms with Crippen LogP contribution in [0.3, 0.4) is 0 Å². The largest absolute Gasteiger partial charge is 0.497 e. The first kappa shape index (κ1) is 18.0. The van der Waals surface area contributed by atoms with E-state index < -0.39 is 0 Å². The highest BCUT2D eigenvalue weighted by Crippen LogP contribution is 2.27. The van der Waals surface area contributed by atoms with Gasteiger partial charge in [0.15, 0.2) is 0 Å². The third-order valence-electron chi connectivity index (χ3n) is 4.18. The zero-order chi connectivity index (χ0) is 18.5. The number of ether oxygens (including phenoxy) is 3. The number of aromatic nitrogens is 2. The summed E-state index contributed by atoms with van der Waals surface area (Å²) in [5.74, 6) is 2.34. The van der Waals surface area contributed by atoms with Gasteiger partial charge in [-0.2, -0.15) is 0 Å². The molecule has 3 rings (SSSR count). The quantitative estimate of drug-likeness (QED) is 0.637. The summed E-state index contributed by atoms with van der Waals surface area (Å²) in [6.07, 6.45) is 3.33. The molecule has 1 aromatic heterocycles. The lowest BCUT2D eigenvalue weighted by molar-refractivity contribution is 0.235. The molecule has 3 aromatic rings. The van der Waals surface area contributed by atoms with Crippen LogP contribution in [0.4, 0.5) is 0 Å². The summed E-state index contributed by atoms with van der Waals surface area (Å²) in [7, 11) is 3.36. The summed E-state index contributed by atoms with van der Waals surface area (Å²) in [5, 5.41) is 0.941. The number of hydrogen-bond acceptors (Lipinski definition) is 5. The van der Waals surface area contributed by atoms with Crippen molar-refractivity contribution in [1.29, 1.82) is 0 Å². The molecule has 1 heterocycles. The third-order valence-corrected chi connectivity index (χ3v) is 4.18. The molecule has 26 heavy (non-hydrogen) atoms. The molecule has 0 radical (unpaired) electrons. The van der Waals surface area contributed by atoms with E-state index >= 15 is 0 Å². The highest BCUT2D eigenvalue weighted by atomic mass is 16.5. The van der Waals surface area contributed by atoms with Crippen LogP contribution >= 0.6 is 0 Å². The Labute approximate surface area is 154 Å². The highest BCUT2D eigenvalue weighted by molar-refractivity contribution is 5.83. The Morgan fingerprint density at radius 2 is 1.77 bits per heavy atom. The van der Waals surface area contributed by atoms with Crippen molar-refractivity contribution in [1.82, 2.24) is 9.97 Å². The van der Waals surface area contributed by atoms with Gasteiger partial charge in [0, 0.05) is 0 Å². The fourth-order valence-electron chi connectivity index (χ4n) is 2.91. The Hall–Kier alpha value is -2.82. The van der Waals surface area contributed by atoms with Gasteiger partial charge in [0.05, 0.1) is 31.2 Å². The van der Waals surface area contributed by atoms with Gasteiger partial charge < -0.3 is 14.2 Å². The number of methoxy groups -OCH3 is 2. The maximum atomic E-state index is 5.82. The molecule has 2 aromatic carbocycles. The van der Waals surface area contributed by atoms with Crippen LogP contribution < -0.4 is 14.2 Å². The average molecular weight is 352 g/mol. The van der Waals surface area contributed by atoms with Crippen molar-refractivity contribution in [3.8, 4) is 17.4 Å². The molecule has 0 amide bonds. The van der Waals surface area contributed by atoms with E-state index in [9.17, 15) is 0 Å². The minimum Gasteiger partial charge on any atom is -0.497 e. The molecular formula is C21H24N2O3. The fraction of sp³-hybridized carbons (Fsp3) is 0.333. The number of rotatable bonds is 7. The topological polar surface area (TPSA) is 53.5 Å². The molecule has 0 fully saturated rings. The van der Waals surface area contributed by atoms with E-state index in [1.54, 1.807) is 20.5 Å². The second kappa shape index (κ2) is 8.04. The van der Waals surface area contributed by atoms with Crippen molar-refractivity contribution < 1.29 is 14.2 Å². The van der Waals surface area contributed by atoms with Crippen LogP contribution in [0.2, 0.25) is 0 Å². The second-order valence-electron chi connectivity index (χ2n) is 6.37. The van der Waals surface area contributed by atoms with Gasteiger partial charge in [-0.05, 0) is 68.1 Å². The molecule has 5 nitrogen and oxygen atoms in total. The smallest absolute Gasteiger partial charge is 0.224 e. The molecule has 0 saturated carbocycles. The number of hydrogen-bond donors (Lipinski definition) is 0. The lowest BCUT2D eigenvalue weighted by Crippen LogP contribution is -2.07. The van der Waals surface area contributed by atoms with Gasteiger partial charge in [0.1, 0.15) is 17.8 Å². The Morgan fingerprint density at radius 3 is 2.50 bits per heavy atom. The summed E-state index contributed by atoms with van der Waals surface area (Å²) >= 11 is 0. The molecule has 5 heteroatoms. The zero-order valence-corrected chi connectivity index (χ0v) is 15.7. The third kappa shape index (κ3) is 4.04. The normalized spacial score (nSPS) is 11.0. The predicted molar refractivity (Wildman–Crippen MR) is 102 cm³/mol. The predicted octanol–water partition coefficient (Wildman–Crippen LogP) is 4.22. The van der Waals surface area contributed by atoms with Crippen molar-refractivity contribution in [2.75, 3.05) is 14.2 Å². The first-order valence-electron chi connectivity index (χ1n) is 8.72. The van der Waals surface area contributed by atoms with Crippen molar-refractivity contribution in [3.63, 3.8) is 0 Å². The van der Waals surface area contributed by atoms with E-state index in [4.69, 9.17) is 14.2 Å².